The molecular formula is C22H18N4O14S2Sb2. The Morgan fingerprint density at radius 2 is 0.909 bits per heavy atom. The Balaban J connectivity index is 2.06. The Morgan fingerprint density at radius 3 is 1.23 bits per heavy atom. The molecule has 44 heavy (non-hydrogen) atoms. The molecule has 0 atom stereocenters. The third kappa shape index (κ3) is 7.04. The molecule has 0 saturated carbocycles. The molecule has 4 aromatic carbocycles. The first-order valence-electron chi connectivity index (χ1n) is 11.4. The average molecular weight is 870 g/mol. The summed E-state index contributed by atoms with van der Waals surface area (Å²) in [6, 6.07) is 10.5. The van der Waals surface area contributed by atoms with E-state index in [2.05, 4.69) is 20.5 Å². The molecule has 0 saturated heterocycles. The molecule has 232 valence electrons. The molecule has 18 nitrogen and oxygen atoms in total. The molecule has 8 N–H and O–H groups in total. The summed E-state index contributed by atoms with van der Waals surface area (Å²) in [5, 5.41) is 34.9. The van der Waals surface area contributed by atoms with Crippen molar-refractivity contribution in [2.45, 2.75) is 9.79 Å². The number of rotatable bonds is 8. The van der Waals surface area contributed by atoms with Crippen molar-refractivity contribution in [3.63, 3.8) is 0 Å². The molecule has 0 bridgehead atoms. The van der Waals surface area contributed by atoms with Crippen LogP contribution in [0.2, 0.25) is 0 Å². The fraction of sp³-hybridized carbons (Fsp3) is 0. The summed E-state index contributed by atoms with van der Waals surface area (Å²) in [7, 11) is -10.6. The molecule has 0 aliphatic heterocycles. The van der Waals surface area contributed by atoms with Crippen LogP contribution in [0.1, 0.15) is 0 Å². The van der Waals surface area contributed by atoms with Crippen molar-refractivity contribution >= 4 is 100 Å². The van der Waals surface area contributed by atoms with Crippen LogP contribution in [0.4, 0.5) is 22.7 Å². The number of benzene rings is 4. The van der Waals surface area contributed by atoms with Gasteiger partial charge in [0.05, 0.1) is 0 Å². The van der Waals surface area contributed by atoms with Crippen molar-refractivity contribution in [2.24, 2.45) is 20.5 Å². The molecule has 0 unspecified atom stereocenters. The number of fused-ring (bicyclic) bond motifs is 1. The van der Waals surface area contributed by atoms with Gasteiger partial charge in [-0.05, 0) is 0 Å². The summed E-state index contributed by atoms with van der Waals surface area (Å²) in [5.41, 5.74) is -3.01. The zero-order valence-electron chi connectivity index (χ0n) is 21.3. The van der Waals surface area contributed by atoms with E-state index in [1.807, 2.05) is 0 Å². The SMILES string of the molecule is O=S(=O)(O)c1cc2cc(S(=O)(=O)O)c(N=Nc3cccc[c]3[Sb](=[O])([OH])[OH])c(O)c2c(O)c1N=Nc1cccc[c]1[Sb](=[O])([OH])[OH]. The van der Waals surface area contributed by atoms with Crippen molar-refractivity contribution in [1.82, 2.24) is 0 Å². The van der Waals surface area contributed by atoms with E-state index in [9.17, 15) is 55.7 Å². The molecule has 0 heterocycles. The summed E-state index contributed by atoms with van der Waals surface area (Å²) in [6.07, 6.45) is 0. The molecular weight excluding hydrogens is 852 g/mol. The monoisotopic (exact) mass is 868 g/mol. The number of phenolic OH excluding ortho intramolecular Hbond substituents is 2. The first-order valence-corrected chi connectivity index (χ1v) is 23.4. The van der Waals surface area contributed by atoms with E-state index in [1.165, 1.54) is 24.3 Å². The fourth-order valence-corrected chi connectivity index (χ4v) is 9.14. The quantitative estimate of drug-likeness (QED) is 0.0687. The number of hydrogen-bond acceptors (Lipinski definition) is 12. The second-order valence-electron chi connectivity index (χ2n) is 8.66. The zero-order valence-corrected chi connectivity index (χ0v) is 28.0. The minimum absolute atomic E-state index is 0.439. The number of azo groups is 2. The Bertz CT molecular complexity index is 2060. The van der Waals surface area contributed by atoms with Crippen molar-refractivity contribution < 1.29 is 55.7 Å². The minimum atomic E-state index is -5.93. The van der Waals surface area contributed by atoms with Crippen molar-refractivity contribution in [2.75, 3.05) is 0 Å². The van der Waals surface area contributed by atoms with Crippen LogP contribution in [0.3, 0.4) is 0 Å². The summed E-state index contributed by atoms with van der Waals surface area (Å²) < 4.78 is 130. The Kier molecular flexibility index (Phi) is 9.18. The Labute approximate surface area is 256 Å². The van der Waals surface area contributed by atoms with Gasteiger partial charge in [-0.3, -0.25) is 0 Å². The number of phenols is 2. The molecule has 22 heteroatoms. The first-order chi connectivity index (χ1) is 20.2. The van der Waals surface area contributed by atoms with E-state index in [-0.39, 0.29) is 0 Å². The van der Waals surface area contributed by atoms with E-state index in [1.54, 1.807) is 0 Å². The van der Waals surface area contributed by atoms with Gasteiger partial charge in [-0.25, -0.2) is 0 Å². The van der Waals surface area contributed by atoms with Gasteiger partial charge in [-0.15, -0.1) is 0 Å². The zero-order chi connectivity index (χ0) is 32.8. The van der Waals surface area contributed by atoms with Crippen LogP contribution < -0.4 is 7.02 Å². The second kappa shape index (κ2) is 12.0. The van der Waals surface area contributed by atoms with Gasteiger partial charge in [0, 0.05) is 0 Å². The maximum atomic E-state index is 12.2. The molecule has 0 aliphatic rings. The summed E-state index contributed by atoms with van der Waals surface area (Å²) >= 11 is -11.9. The van der Waals surface area contributed by atoms with Crippen LogP contribution in [-0.2, 0) is 26.3 Å². The summed E-state index contributed by atoms with van der Waals surface area (Å²) in [6.45, 7) is 0. The van der Waals surface area contributed by atoms with Gasteiger partial charge in [0.25, 0.3) is 0 Å². The van der Waals surface area contributed by atoms with Crippen molar-refractivity contribution in [3.8, 4) is 11.5 Å². The molecule has 0 spiro atoms. The van der Waals surface area contributed by atoms with Crippen LogP contribution in [0.15, 0.2) is 90.9 Å². The molecule has 4 aromatic rings. The van der Waals surface area contributed by atoms with Gasteiger partial charge in [0.15, 0.2) is 0 Å². The second-order valence-corrected chi connectivity index (χ2v) is 20.4. The van der Waals surface area contributed by atoms with Gasteiger partial charge in [0.1, 0.15) is 0 Å². The molecule has 0 amide bonds. The number of hydrogen-bond donors (Lipinski definition) is 8. The van der Waals surface area contributed by atoms with E-state index in [4.69, 9.17) is 0 Å². The maximum absolute atomic E-state index is 12.2. The van der Waals surface area contributed by atoms with Gasteiger partial charge in [0.2, 0.25) is 0 Å². The molecule has 0 fully saturated rings. The Morgan fingerprint density at radius 1 is 0.568 bits per heavy atom. The topological polar surface area (TPSA) is 314 Å². The molecule has 4 rings (SSSR count). The standard InChI is InChI=1S/C22H14N4O8S2.4H2O.2O.2Sb/c27-21-18-13(11-16(35(29,30)31)19(21)25-23-14-7-3-1-4-8-14)12-17(36(32,33)34)20(22(18)28)26-24-15-9-5-2-6-10-15;;;;;;;;/h1-7,9,11-12,27-28H,(H,29,30,31)(H,32,33,34);4*1H2;;;;/q;;;;;;;2*+2/p-4. The van der Waals surface area contributed by atoms with Gasteiger partial charge >= 0.3 is 258 Å². The van der Waals surface area contributed by atoms with Crippen molar-refractivity contribution in [1.29, 1.82) is 0 Å². The molecule has 0 aromatic heterocycles. The number of aromatic hydroxyl groups is 2. The predicted octanol–water partition coefficient (Wildman–Crippen LogP) is 0.697. The van der Waals surface area contributed by atoms with Crippen LogP contribution in [0, 0.1) is 0 Å². The first kappa shape index (κ1) is 33.7. The number of nitrogens with zero attached hydrogens (tertiary/aromatic N) is 4. The van der Waals surface area contributed by atoms with Gasteiger partial charge < -0.3 is 0 Å². The van der Waals surface area contributed by atoms with E-state index in [0.717, 1.165) is 24.3 Å². The van der Waals surface area contributed by atoms with Gasteiger partial charge in [-0.1, -0.05) is 0 Å². The summed E-state index contributed by atoms with van der Waals surface area (Å²) in [5.74, 6) is -2.51. The normalized spacial score (nSPS) is 13.3. The Hall–Kier alpha value is -3.16. The van der Waals surface area contributed by atoms with Gasteiger partial charge in [-0.2, -0.15) is 0 Å². The molecule has 0 aliphatic carbocycles. The third-order valence-corrected chi connectivity index (χ3v) is 13.2. The van der Waals surface area contributed by atoms with Crippen LogP contribution in [0.5, 0.6) is 11.5 Å². The average Bonchev–Trinajstić information content (AvgIpc) is 2.89. The van der Waals surface area contributed by atoms with E-state index >= 15 is 0 Å². The van der Waals surface area contributed by atoms with Crippen LogP contribution in [-0.4, -0.2) is 89.0 Å². The van der Waals surface area contributed by atoms with E-state index < -0.39 is 121 Å². The predicted molar refractivity (Wildman–Crippen MR) is 149 cm³/mol. The van der Waals surface area contributed by atoms with Crippen LogP contribution in [0.25, 0.3) is 10.8 Å². The third-order valence-electron chi connectivity index (χ3n) is 5.71. The fourth-order valence-electron chi connectivity index (χ4n) is 3.85. The van der Waals surface area contributed by atoms with Crippen molar-refractivity contribution in [3.05, 3.63) is 60.7 Å². The van der Waals surface area contributed by atoms with Crippen LogP contribution >= 0.6 is 0 Å². The summed E-state index contributed by atoms with van der Waals surface area (Å²) in [4.78, 5) is -2.39. The van der Waals surface area contributed by atoms with E-state index in [0.29, 0.717) is 12.1 Å². The molecule has 0 radical (unpaired) electrons.